The predicted octanol–water partition coefficient (Wildman–Crippen LogP) is 5.94. The Balaban J connectivity index is 1.32. The first-order valence-electron chi connectivity index (χ1n) is 13.6. The van der Waals surface area contributed by atoms with E-state index in [1.54, 1.807) is 12.7 Å². The minimum atomic E-state index is 0.308. The van der Waals surface area contributed by atoms with Gasteiger partial charge in [-0.05, 0) is 73.8 Å². The van der Waals surface area contributed by atoms with Crippen LogP contribution in [0.2, 0.25) is 0 Å². The first-order valence-corrected chi connectivity index (χ1v) is 13.6. The van der Waals surface area contributed by atoms with Crippen LogP contribution in [0.15, 0.2) is 48.5 Å². The van der Waals surface area contributed by atoms with E-state index in [0.717, 1.165) is 38.0 Å². The first-order chi connectivity index (χ1) is 16.7. The quantitative estimate of drug-likeness (QED) is 0.515. The minimum Gasteiger partial charge on any atom is -0.497 e. The Morgan fingerprint density at radius 3 is 2.29 bits per heavy atom. The Labute approximate surface area is 213 Å². The molecule has 0 amide bonds. The van der Waals surface area contributed by atoms with Crippen molar-refractivity contribution in [1.29, 1.82) is 0 Å². The molecule has 1 unspecified atom stereocenters. The maximum atomic E-state index is 5.36. The Hall–Kier alpha value is -1.88. The van der Waals surface area contributed by atoms with Crippen molar-refractivity contribution >= 4 is 0 Å². The largest absolute Gasteiger partial charge is 0.497 e. The topological polar surface area (TPSA) is 19.0 Å². The molecule has 0 N–H and O–H groups in total. The van der Waals surface area contributed by atoms with Gasteiger partial charge in [-0.3, -0.25) is 14.7 Å². The van der Waals surface area contributed by atoms with E-state index in [0.29, 0.717) is 22.9 Å². The number of rotatable bonds is 6. The highest BCUT2D eigenvalue weighted by Gasteiger charge is 2.56. The summed E-state index contributed by atoms with van der Waals surface area (Å²) in [6.07, 6.45) is 2.75. The first kappa shape index (κ1) is 24.8. The molecule has 4 nitrogen and oxygen atoms in total. The molecule has 2 saturated heterocycles. The lowest BCUT2D eigenvalue weighted by Crippen LogP contribution is -2.70. The Morgan fingerprint density at radius 2 is 1.66 bits per heavy atom. The second-order valence-electron chi connectivity index (χ2n) is 12.7. The molecule has 0 aromatic heterocycles. The van der Waals surface area contributed by atoms with E-state index in [1.165, 1.54) is 37.1 Å². The summed E-state index contributed by atoms with van der Waals surface area (Å²) >= 11 is 0. The average Bonchev–Trinajstić information content (AvgIpc) is 2.77. The van der Waals surface area contributed by atoms with Crippen LogP contribution in [0.25, 0.3) is 0 Å². The fraction of sp³-hybridized carbons (Fsp3) is 0.613. The number of piperazine rings is 1. The summed E-state index contributed by atoms with van der Waals surface area (Å²) in [5, 5.41) is 0. The molecule has 1 saturated carbocycles. The van der Waals surface area contributed by atoms with E-state index < -0.39 is 0 Å². The summed E-state index contributed by atoms with van der Waals surface area (Å²) < 4.78 is 5.36. The third kappa shape index (κ3) is 5.03. The molecule has 3 fully saturated rings. The van der Waals surface area contributed by atoms with Crippen LogP contribution in [-0.4, -0.2) is 66.1 Å². The SMILES string of the molecule is COc1ccc(CN2CCN(C3CC4(C3)CN(C(C)(C)C)C4)C(c3ccccc3C(C)C)C2)cc1. The minimum absolute atomic E-state index is 0.308. The monoisotopic (exact) mass is 475 g/mol. The van der Waals surface area contributed by atoms with Crippen molar-refractivity contribution in [1.82, 2.24) is 14.7 Å². The second-order valence-corrected chi connectivity index (χ2v) is 12.7. The third-order valence-electron chi connectivity index (χ3n) is 8.86. The van der Waals surface area contributed by atoms with E-state index in [2.05, 4.69) is 97.8 Å². The Bertz CT molecular complexity index is 995. The molecule has 0 radical (unpaired) electrons. The molecule has 35 heavy (non-hydrogen) atoms. The lowest BCUT2D eigenvalue weighted by molar-refractivity contribution is -0.151. The number of ether oxygens (including phenoxy) is 1. The number of benzene rings is 2. The molecule has 190 valence electrons. The average molecular weight is 476 g/mol. The van der Waals surface area contributed by atoms with Crippen molar-refractivity contribution in [2.75, 3.05) is 39.8 Å². The molecule has 3 aliphatic rings. The summed E-state index contributed by atoms with van der Waals surface area (Å²) in [5.74, 6) is 1.48. The molecule has 1 spiro atoms. The fourth-order valence-electron chi connectivity index (χ4n) is 6.71. The molecule has 0 bridgehead atoms. The number of nitrogens with zero attached hydrogens (tertiary/aromatic N) is 3. The zero-order valence-corrected chi connectivity index (χ0v) is 22.8. The summed E-state index contributed by atoms with van der Waals surface area (Å²) in [7, 11) is 1.74. The van der Waals surface area contributed by atoms with Gasteiger partial charge in [-0.25, -0.2) is 0 Å². The fourth-order valence-corrected chi connectivity index (χ4v) is 6.71. The molecular weight excluding hydrogens is 430 g/mol. The maximum absolute atomic E-state index is 5.36. The Morgan fingerprint density at radius 1 is 0.971 bits per heavy atom. The standard InChI is InChI=1S/C31H45N3O/c1-23(2)27-9-7-8-10-28(27)29-20-32(19-24-11-13-26(35-6)14-12-24)15-16-34(29)25-17-31(18-25)21-33(22-31)30(3,4)5/h7-14,23,25,29H,15-22H2,1-6H3. The van der Waals surface area contributed by atoms with Crippen LogP contribution in [0, 0.1) is 5.41 Å². The van der Waals surface area contributed by atoms with Crippen molar-refractivity contribution in [3.05, 3.63) is 65.2 Å². The number of hydrogen-bond acceptors (Lipinski definition) is 4. The van der Waals surface area contributed by atoms with Crippen molar-refractivity contribution in [3.63, 3.8) is 0 Å². The van der Waals surface area contributed by atoms with Gasteiger partial charge in [0.1, 0.15) is 5.75 Å². The van der Waals surface area contributed by atoms with Gasteiger partial charge in [-0.2, -0.15) is 0 Å². The van der Waals surface area contributed by atoms with Crippen LogP contribution in [0.4, 0.5) is 0 Å². The van der Waals surface area contributed by atoms with Gasteiger partial charge in [0.25, 0.3) is 0 Å². The van der Waals surface area contributed by atoms with Gasteiger partial charge in [0.2, 0.25) is 0 Å². The molecule has 2 aliphatic heterocycles. The third-order valence-corrected chi connectivity index (χ3v) is 8.86. The van der Waals surface area contributed by atoms with Crippen LogP contribution >= 0.6 is 0 Å². The van der Waals surface area contributed by atoms with E-state index in [4.69, 9.17) is 4.74 Å². The smallest absolute Gasteiger partial charge is 0.118 e. The Kier molecular flexibility index (Phi) is 6.76. The second kappa shape index (κ2) is 9.53. The maximum Gasteiger partial charge on any atom is 0.118 e. The summed E-state index contributed by atoms with van der Waals surface area (Å²) in [6, 6.07) is 19.0. The highest BCUT2D eigenvalue weighted by Crippen LogP contribution is 2.53. The molecule has 1 atom stereocenters. The summed E-state index contributed by atoms with van der Waals surface area (Å²) in [5.41, 5.74) is 5.33. The van der Waals surface area contributed by atoms with Gasteiger partial charge in [0.05, 0.1) is 7.11 Å². The lowest BCUT2D eigenvalue weighted by atomic mass is 9.59. The van der Waals surface area contributed by atoms with E-state index >= 15 is 0 Å². The van der Waals surface area contributed by atoms with Crippen molar-refractivity contribution in [3.8, 4) is 5.75 Å². The van der Waals surface area contributed by atoms with Crippen LogP contribution in [0.5, 0.6) is 5.75 Å². The van der Waals surface area contributed by atoms with E-state index in [1.807, 2.05) is 0 Å². The normalized spacial score (nSPS) is 23.9. The van der Waals surface area contributed by atoms with Crippen LogP contribution in [0.1, 0.15) is 76.1 Å². The van der Waals surface area contributed by atoms with Gasteiger partial charge in [0.15, 0.2) is 0 Å². The summed E-state index contributed by atoms with van der Waals surface area (Å²) in [6.45, 7) is 18.8. The molecule has 2 aromatic carbocycles. The molecule has 2 aromatic rings. The highest BCUT2D eigenvalue weighted by molar-refractivity contribution is 5.34. The van der Waals surface area contributed by atoms with Crippen molar-refractivity contribution in [2.45, 2.75) is 77.5 Å². The van der Waals surface area contributed by atoms with Crippen molar-refractivity contribution < 1.29 is 4.74 Å². The number of hydrogen-bond donors (Lipinski definition) is 0. The predicted molar refractivity (Wildman–Crippen MR) is 145 cm³/mol. The van der Waals surface area contributed by atoms with Gasteiger partial charge >= 0.3 is 0 Å². The number of likely N-dealkylation sites (tertiary alicyclic amines) is 1. The highest BCUT2D eigenvalue weighted by atomic mass is 16.5. The lowest BCUT2D eigenvalue weighted by Gasteiger charge is -2.65. The van der Waals surface area contributed by atoms with Gasteiger partial charge in [-0.15, -0.1) is 0 Å². The zero-order valence-electron chi connectivity index (χ0n) is 22.8. The molecular formula is C31H45N3O. The van der Waals surface area contributed by atoms with Gasteiger partial charge in [0, 0.05) is 56.9 Å². The van der Waals surface area contributed by atoms with E-state index in [9.17, 15) is 0 Å². The van der Waals surface area contributed by atoms with E-state index in [-0.39, 0.29) is 0 Å². The zero-order chi connectivity index (χ0) is 24.8. The van der Waals surface area contributed by atoms with Gasteiger partial charge in [-0.1, -0.05) is 50.2 Å². The number of methoxy groups -OCH3 is 1. The molecule has 1 aliphatic carbocycles. The summed E-state index contributed by atoms with van der Waals surface area (Å²) in [4.78, 5) is 8.22. The van der Waals surface area contributed by atoms with Crippen LogP contribution in [-0.2, 0) is 6.54 Å². The van der Waals surface area contributed by atoms with Gasteiger partial charge < -0.3 is 4.74 Å². The molecule has 4 heteroatoms. The molecule has 2 heterocycles. The van der Waals surface area contributed by atoms with Crippen molar-refractivity contribution in [2.24, 2.45) is 5.41 Å². The van der Waals surface area contributed by atoms with Crippen LogP contribution in [0.3, 0.4) is 0 Å². The van der Waals surface area contributed by atoms with Crippen LogP contribution < -0.4 is 4.74 Å². The molecule has 5 rings (SSSR count).